The van der Waals surface area contributed by atoms with Gasteiger partial charge in [0.1, 0.15) is 0 Å². The average molecular weight is 269 g/mol. The van der Waals surface area contributed by atoms with E-state index in [4.69, 9.17) is 0 Å². The Kier molecular flexibility index (Phi) is 5.79. The number of rotatable bonds is 6. The molecule has 2 N–H and O–H groups in total. The molecule has 0 heterocycles. The van der Waals surface area contributed by atoms with Crippen LogP contribution in [0.25, 0.3) is 0 Å². The fourth-order valence-electron chi connectivity index (χ4n) is 1.96. The lowest BCUT2D eigenvalue weighted by Gasteiger charge is -2.23. The van der Waals surface area contributed by atoms with Crippen LogP contribution >= 0.6 is 0 Å². The molecule has 1 aliphatic rings. The monoisotopic (exact) mass is 269 g/mol. The first-order valence-corrected chi connectivity index (χ1v) is 7.14. The molecule has 0 aliphatic heterocycles. The summed E-state index contributed by atoms with van der Waals surface area (Å²) >= 11 is 0. The summed E-state index contributed by atoms with van der Waals surface area (Å²) in [5.74, 6) is 0.526. The van der Waals surface area contributed by atoms with Gasteiger partial charge in [-0.3, -0.25) is 15.0 Å². The number of hydrogen-bond donors (Lipinski definition) is 2. The molecule has 0 aromatic rings. The van der Waals surface area contributed by atoms with E-state index in [-0.39, 0.29) is 11.4 Å². The van der Waals surface area contributed by atoms with Crippen molar-refractivity contribution in [1.29, 1.82) is 0 Å². The van der Waals surface area contributed by atoms with Crippen molar-refractivity contribution in [3.8, 4) is 0 Å². The Balaban J connectivity index is 2.32. The number of nitrogens with one attached hydrogen (secondary N) is 2. The molecular formula is C14H27N3O2. The van der Waals surface area contributed by atoms with Gasteiger partial charge >= 0.3 is 6.03 Å². The lowest BCUT2D eigenvalue weighted by atomic mass is 10.1. The Morgan fingerprint density at radius 2 is 1.89 bits per heavy atom. The lowest BCUT2D eigenvalue weighted by molar-refractivity contribution is -0.121. The molecule has 0 aromatic heterocycles. The predicted molar refractivity (Wildman–Crippen MR) is 75.9 cm³/mol. The van der Waals surface area contributed by atoms with Gasteiger partial charge in [0.2, 0.25) is 5.91 Å². The Labute approximate surface area is 116 Å². The SMILES string of the molecule is CCCN(CC(=O)NC(=O)NC(C)(C)C)CC1CC1. The third-order valence-electron chi connectivity index (χ3n) is 2.86. The summed E-state index contributed by atoms with van der Waals surface area (Å²) in [6.07, 6.45) is 3.56. The van der Waals surface area contributed by atoms with Crippen molar-refractivity contribution in [2.24, 2.45) is 5.92 Å². The van der Waals surface area contributed by atoms with Crippen LogP contribution < -0.4 is 10.6 Å². The highest BCUT2D eigenvalue weighted by Gasteiger charge is 2.25. The molecule has 5 heteroatoms. The van der Waals surface area contributed by atoms with E-state index in [1.54, 1.807) is 0 Å². The maximum atomic E-state index is 11.8. The van der Waals surface area contributed by atoms with Crippen LogP contribution in [0.4, 0.5) is 4.79 Å². The molecule has 0 unspecified atom stereocenters. The third-order valence-corrected chi connectivity index (χ3v) is 2.86. The number of amides is 3. The molecule has 1 saturated carbocycles. The molecule has 3 amide bonds. The maximum Gasteiger partial charge on any atom is 0.321 e. The molecule has 0 bridgehead atoms. The highest BCUT2D eigenvalue weighted by Crippen LogP contribution is 2.29. The maximum absolute atomic E-state index is 11.8. The van der Waals surface area contributed by atoms with Crippen LogP contribution in [0.3, 0.4) is 0 Å². The summed E-state index contributed by atoms with van der Waals surface area (Å²) in [6.45, 7) is 9.94. The van der Waals surface area contributed by atoms with Gasteiger partial charge in [0, 0.05) is 12.1 Å². The molecule has 0 aromatic carbocycles. The minimum atomic E-state index is -0.416. The highest BCUT2D eigenvalue weighted by molar-refractivity contribution is 5.95. The standard InChI is InChI=1S/C14H27N3O2/c1-5-8-17(9-11-6-7-11)10-12(18)15-13(19)16-14(2,3)4/h11H,5-10H2,1-4H3,(H2,15,16,18,19). The van der Waals surface area contributed by atoms with Gasteiger partial charge in [-0.25, -0.2) is 4.79 Å². The van der Waals surface area contributed by atoms with E-state index in [1.807, 2.05) is 20.8 Å². The normalized spacial score (nSPS) is 15.4. The number of urea groups is 1. The van der Waals surface area contributed by atoms with E-state index >= 15 is 0 Å². The summed E-state index contributed by atoms with van der Waals surface area (Å²) in [5.41, 5.74) is -0.332. The molecule has 0 atom stereocenters. The molecule has 110 valence electrons. The Morgan fingerprint density at radius 1 is 1.26 bits per heavy atom. The van der Waals surface area contributed by atoms with E-state index in [0.29, 0.717) is 6.54 Å². The van der Waals surface area contributed by atoms with Crippen molar-refractivity contribution < 1.29 is 9.59 Å². The van der Waals surface area contributed by atoms with Gasteiger partial charge in [0.05, 0.1) is 6.54 Å². The van der Waals surface area contributed by atoms with E-state index in [2.05, 4.69) is 22.5 Å². The van der Waals surface area contributed by atoms with Crippen molar-refractivity contribution >= 4 is 11.9 Å². The fraction of sp³-hybridized carbons (Fsp3) is 0.857. The van der Waals surface area contributed by atoms with Gasteiger partial charge in [-0.05, 0) is 52.5 Å². The topological polar surface area (TPSA) is 61.4 Å². The summed E-state index contributed by atoms with van der Waals surface area (Å²) in [5, 5.41) is 5.11. The van der Waals surface area contributed by atoms with E-state index in [9.17, 15) is 9.59 Å². The minimum absolute atomic E-state index is 0.226. The van der Waals surface area contributed by atoms with Crippen LogP contribution in [0.5, 0.6) is 0 Å². The van der Waals surface area contributed by atoms with Crippen LogP contribution in [0.15, 0.2) is 0 Å². The second-order valence-electron chi connectivity index (χ2n) is 6.43. The van der Waals surface area contributed by atoms with Crippen molar-refractivity contribution in [2.75, 3.05) is 19.6 Å². The predicted octanol–water partition coefficient (Wildman–Crippen LogP) is 1.73. The molecular weight excluding hydrogens is 242 g/mol. The first-order chi connectivity index (χ1) is 8.80. The first kappa shape index (κ1) is 16.0. The van der Waals surface area contributed by atoms with Gasteiger partial charge in [-0.2, -0.15) is 0 Å². The fourth-order valence-corrected chi connectivity index (χ4v) is 1.96. The van der Waals surface area contributed by atoms with Crippen LogP contribution in [-0.2, 0) is 4.79 Å². The Morgan fingerprint density at radius 3 is 2.37 bits per heavy atom. The van der Waals surface area contributed by atoms with Gasteiger partial charge in [-0.1, -0.05) is 6.92 Å². The number of carbonyl (C=O) groups is 2. The quantitative estimate of drug-likeness (QED) is 0.772. The van der Waals surface area contributed by atoms with Gasteiger partial charge in [0.15, 0.2) is 0 Å². The van der Waals surface area contributed by atoms with Crippen molar-refractivity contribution in [3.05, 3.63) is 0 Å². The largest absolute Gasteiger partial charge is 0.333 e. The molecule has 0 radical (unpaired) electrons. The van der Waals surface area contributed by atoms with Crippen LogP contribution in [0, 0.1) is 5.92 Å². The van der Waals surface area contributed by atoms with Gasteiger partial charge in [0.25, 0.3) is 0 Å². The van der Waals surface area contributed by atoms with E-state index in [0.717, 1.165) is 25.4 Å². The zero-order valence-corrected chi connectivity index (χ0v) is 12.6. The van der Waals surface area contributed by atoms with Crippen LogP contribution in [0.1, 0.15) is 47.0 Å². The van der Waals surface area contributed by atoms with Crippen LogP contribution in [0.2, 0.25) is 0 Å². The highest BCUT2D eigenvalue weighted by atomic mass is 16.2. The Bertz CT molecular complexity index is 319. The van der Waals surface area contributed by atoms with Crippen molar-refractivity contribution in [2.45, 2.75) is 52.5 Å². The van der Waals surface area contributed by atoms with E-state index < -0.39 is 6.03 Å². The molecule has 19 heavy (non-hydrogen) atoms. The molecule has 0 spiro atoms. The smallest absolute Gasteiger partial charge is 0.321 e. The molecule has 5 nitrogen and oxygen atoms in total. The minimum Gasteiger partial charge on any atom is -0.333 e. The zero-order valence-electron chi connectivity index (χ0n) is 12.6. The Hall–Kier alpha value is -1.10. The lowest BCUT2D eigenvalue weighted by Crippen LogP contribution is -2.50. The van der Waals surface area contributed by atoms with E-state index in [1.165, 1.54) is 12.8 Å². The summed E-state index contributed by atoms with van der Waals surface area (Å²) in [4.78, 5) is 25.5. The number of hydrogen-bond acceptors (Lipinski definition) is 3. The van der Waals surface area contributed by atoms with Gasteiger partial charge < -0.3 is 5.32 Å². The molecule has 1 rings (SSSR count). The average Bonchev–Trinajstić information content (AvgIpc) is 2.97. The van der Waals surface area contributed by atoms with Crippen molar-refractivity contribution in [3.63, 3.8) is 0 Å². The zero-order chi connectivity index (χ0) is 14.5. The second-order valence-corrected chi connectivity index (χ2v) is 6.43. The number of carbonyl (C=O) groups excluding carboxylic acids is 2. The summed E-state index contributed by atoms with van der Waals surface area (Å²) < 4.78 is 0. The second kappa shape index (κ2) is 6.89. The number of imide groups is 1. The van der Waals surface area contributed by atoms with Gasteiger partial charge in [-0.15, -0.1) is 0 Å². The van der Waals surface area contributed by atoms with Crippen LogP contribution in [-0.4, -0.2) is 42.0 Å². The summed E-state index contributed by atoms with van der Waals surface area (Å²) in [7, 11) is 0. The molecule has 1 fully saturated rings. The molecule has 1 aliphatic carbocycles. The molecule has 0 saturated heterocycles. The number of nitrogens with zero attached hydrogens (tertiary/aromatic N) is 1. The first-order valence-electron chi connectivity index (χ1n) is 7.14. The van der Waals surface area contributed by atoms with Crippen molar-refractivity contribution in [1.82, 2.24) is 15.5 Å². The summed E-state index contributed by atoms with van der Waals surface area (Å²) in [6, 6.07) is -0.416. The third kappa shape index (κ3) is 7.82.